The summed E-state index contributed by atoms with van der Waals surface area (Å²) in [6.45, 7) is 1.65. The summed E-state index contributed by atoms with van der Waals surface area (Å²) >= 11 is 0. The second-order valence-electron chi connectivity index (χ2n) is 4.51. The largest absolute Gasteiger partial charge is 0.369 e. The number of anilines is 2. The van der Waals surface area contributed by atoms with E-state index in [2.05, 4.69) is 5.32 Å². The van der Waals surface area contributed by atoms with Crippen LogP contribution in [0.15, 0.2) is 24.3 Å². The minimum absolute atomic E-state index is 0.115. The minimum atomic E-state index is -0.479. The molecule has 1 atom stereocenters. The highest BCUT2D eigenvalue weighted by Crippen LogP contribution is 2.31. The molecule has 2 rings (SSSR count). The van der Waals surface area contributed by atoms with Gasteiger partial charge in [-0.15, -0.1) is 0 Å². The molecule has 1 fully saturated rings. The Hall–Kier alpha value is -2.37. The summed E-state index contributed by atoms with van der Waals surface area (Å²) in [5.74, 6) is -1.34. The zero-order chi connectivity index (χ0) is 14.0. The molecule has 3 N–H and O–H groups in total. The van der Waals surface area contributed by atoms with Crippen molar-refractivity contribution in [3.05, 3.63) is 24.3 Å². The van der Waals surface area contributed by atoms with Crippen LogP contribution in [0.1, 0.15) is 13.3 Å². The van der Waals surface area contributed by atoms with Gasteiger partial charge in [0.05, 0.1) is 17.3 Å². The number of carbonyl (C=O) groups is 3. The van der Waals surface area contributed by atoms with Gasteiger partial charge in [-0.25, -0.2) is 0 Å². The molecule has 0 aliphatic carbocycles. The first-order chi connectivity index (χ1) is 8.99. The molecule has 0 radical (unpaired) electrons. The fourth-order valence-electron chi connectivity index (χ4n) is 2.14. The van der Waals surface area contributed by atoms with Crippen molar-refractivity contribution in [2.75, 3.05) is 16.8 Å². The number of nitrogens with one attached hydrogen (secondary N) is 1. The summed E-state index contributed by atoms with van der Waals surface area (Å²) in [6.07, 6.45) is 0.115. The Balaban J connectivity index is 2.29. The minimum Gasteiger partial charge on any atom is -0.369 e. The smallest absolute Gasteiger partial charge is 0.227 e. The molecule has 0 aromatic heterocycles. The highest BCUT2D eigenvalue weighted by Gasteiger charge is 2.34. The quantitative estimate of drug-likeness (QED) is 0.829. The summed E-state index contributed by atoms with van der Waals surface area (Å²) in [6, 6.07) is 6.97. The summed E-state index contributed by atoms with van der Waals surface area (Å²) < 4.78 is 0. The lowest BCUT2D eigenvalue weighted by Gasteiger charge is -2.20. The fourth-order valence-corrected chi connectivity index (χ4v) is 2.14. The van der Waals surface area contributed by atoms with Crippen molar-refractivity contribution in [3.8, 4) is 0 Å². The number of amides is 3. The molecule has 6 heteroatoms. The fraction of sp³-hybridized carbons (Fsp3) is 0.308. The topological polar surface area (TPSA) is 92.5 Å². The Morgan fingerprint density at radius 3 is 2.63 bits per heavy atom. The standard InChI is InChI=1S/C13H15N3O3/c1-8(17)15-10-4-2-3-5-11(10)16-7-9(13(14)19)6-12(16)18/h2-5,9H,6-7H2,1H3,(H2,14,19)(H,15,17). The van der Waals surface area contributed by atoms with Crippen LogP contribution in [0, 0.1) is 5.92 Å². The second-order valence-corrected chi connectivity index (χ2v) is 4.51. The van der Waals surface area contributed by atoms with Crippen LogP contribution in [0.2, 0.25) is 0 Å². The zero-order valence-electron chi connectivity index (χ0n) is 10.6. The predicted octanol–water partition coefficient (Wildman–Crippen LogP) is 0.483. The Morgan fingerprint density at radius 2 is 2.05 bits per heavy atom. The first-order valence-electron chi connectivity index (χ1n) is 5.95. The lowest BCUT2D eigenvalue weighted by atomic mass is 10.1. The third-order valence-electron chi connectivity index (χ3n) is 3.03. The van der Waals surface area contributed by atoms with Gasteiger partial charge in [-0.2, -0.15) is 0 Å². The number of rotatable bonds is 3. The highest BCUT2D eigenvalue weighted by atomic mass is 16.2. The number of nitrogens with zero attached hydrogens (tertiary/aromatic N) is 1. The van der Waals surface area contributed by atoms with Crippen LogP contribution in [0.25, 0.3) is 0 Å². The van der Waals surface area contributed by atoms with E-state index >= 15 is 0 Å². The number of primary amides is 1. The Bertz CT molecular complexity index is 542. The Kier molecular flexibility index (Phi) is 3.50. The first-order valence-corrected chi connectivity index (χ1v) is 5.95. The van der Waals surface area contributed by atoms with E-state index in [4.69, 9.17) is 5.73 Å². The predicted molar refractivity (Wildman–Crippen MR) is 70.4 cm³/mol. The van der Waals surface area contributed by atoms with Gasteiger partial charge in [-0.05, 0) is 12.1 Å². The molecule has 1 aliphatic rings. The third-order valence-corrected chi connectivity index (χ3v) is 3.03. The summed E-state index contributed by atoms with van der Waals surface area (Å²) in [5.41, 5.74) is 6.37. The molecule has 6 nitrogen and oxygen atoms in total. The summed E-state index contributed by atoms with van der Waals surface area (Å²) in [5, 5.41) is 2.67. The molecule has 3 amide bonds. The molecule has 19 heavy (non-hydrogen) atoms. The maximum absolute atomic E-state index is 11.9. The molecule has 0 saturated carbocycles. The van der Waals surface area contributed by atoms with E-state index in [0.717, 1.165) is 0 Å². The van der Waals surface area contributed by atoms with Gasteiger partial charge < -0.3 is 16.0 Å². The van der Waals surface area contributed by atoms with Crippen molar-refractivity contribution in [1.82, 2.24) is 0 Å². The average Bonchev–Trinajstić information content (AvgIpc) is 2.71. The Labute approximate surface area is 110 Å². The van der Waals surface area contributed by atoms with Crippen LogP contribution in [-0.2, 0) is 14.4 Å². The van der Waals surface area contributed by atoms with Crippen molar-refractivity contribution in [1.29, 1.82) is 0 Å². The number of hydrogen-bond acceptors (Lipinski definition) is 3. The SMILES string of the molecule is CC(=O)Nc1ccccc1N1CC(C(N)=O)CC1=O. The number of benzene rings is 1. The molecule has 1 aromatic rings. The van der Waals surface area contributed by atoms with Gasteiger partial charge in [0.15, 0.2) is 0 Å². The van der Waals surface area contributed by atoms with Gasteiger partial charge in [-0.3, -0.25) is 14.4 Å². The van der Waals surface area contributed by atoms with E-state index in [0.29, 0.717) is 11.4 Å². The van der Waals surface area contributed by atoms with Crippen LogP contribution in [0.3, 0.4) is 0 Å². The number of para-hydroxylation sites is 2. The van der Waals surface area contributed by atoms with Gasteiger partial charge in [-0.1, -0.05) is 12.1 Å². The lowest BCUT2D eigenvalue weighted by molar-refractivity contribution is -0.123. The van der Waals surface area contributed by atoms with E-state index in [1.807, 2.05) is 0 Å². The van der Waals surface area contributed by atoms with Crippen LogP contribution in [0.5, 0.6) is 0 Å². The van der Waals surface area contributed by atoms with Crippen molar-refractivity contribution in [2.45, 2.75) is 13.3 Å². The molecule has 1 aliphatic heterocycles. The molecule has 0 spiro atoms. The van der Waals surface area contributed by atoms with E-state index in [1.165, 1.54) is 11.8 Å². The van der Waals surface area contributed by atoms with E-state index in [1.54, 1.807) is 24.3 Å². The van der Waals surface area contributed by atoms with Crippen molar-refractivity contribution < 1.29 is 14.4 Å². The Morgan fingerprint density at radius 1 is 1.37 bits per heavy atom. The van der Waals surface area contributed by atoms with Crippen molar-refractivity contribution in [2.24, 2.45) is 11.7 Å². The van der Waals surface area contributed by atoms with Gasteiger partial charge in [0.2, 0.25) is 17.7 Å². The molecule has 100 valence electrons. The molecule has 1 heterocycles. The number of carbonyl (C=O) groups excluding carboxylic acids is 3. The van der Waals surface area contributed by atoms with Crippen LogP contribution < -0.4 is 16.0 Å². The maximum atomic E-state index is 11.9. The molecule has 1 saturated heterocycles. The van der Waals surface area contributed by atoms with Gasteiger partial charge in [0.25, 0.3) is 0 Å². The highest BCUT2D eigenvalue weighted by molar-refractivity contribution is 6.04. The van der Waals surface area contributed by atoms with Crippen LogP contribution >= 0.6 is 0 Å². The zero-order valence-corrected chi connectivity index (χ0v) is 10.6. The lowest BCUT2D eigenvalue weighted by Crippen LogP contribution is -2.29. The van der Waals surface area contributed by atoms with Crippen molar-refractivity contribution >= 4 is 29.1 Å². The van der Waals surface area contributed by atoms with Gasteiger partial charge in [0.1, 0.15) is 0 Å². The van der Waals surface area contributed by atoms with E-state index < -0.39 is 11.8 Å². The second kappa shape index (κ2) is 5.09. The number of hydrogen-bond donors (Lipinski definition) is 2. The average molecular weight is 261 g/mol. The van der Waals surface area contributed by atoms with Crippen LogP contribution in [0.4, 0.5) is 11.4 Å². The van der Waals surface area contributed by atoms with Gasteiger partial charge >= 0.3 is 0 Å². The first kappa shape index (κ1) is 13.1. The monoisotopic (exact) mass is 261 g/mol. The van der Waals surface area contributed by atoms with Crippen LogP contribution in [-0.4, -0.2) is 24.3 Å². The molecule has 0 bridgehead atoms. The molecule has 1 unspecified atom stereocenters. The molecule has 1 aromatic carbocycles. The summed E-state index contributed by atoms with van der Waals surface area (Å²) in [4.78, 5) is 35.7. The van der Waals surface area contributed by atoms with E-state index in [-0.39, 0.29) is 24.8 Å². The van der Waals surface area contributed by atoms with E-state index in [9.17, 15) is 14.4 Å². The van der Waals surface area contributed by atoms with Gasteiger partial charge in [0, 0.05) is 19.9 Å². The van der Waals surface area contributed by atoms with Crippen molar-refractivity contribution in [3.63, 3.8) is 0 Å². The summed E-state index contributed by atoms with van der Waals surface area (Å²) in [7, 11) is 0. The molecular weight excluding hydrogens is 246 g/mol. The third kappa shape index (κ3) is 2.73. The number of nitrogens with two attached hydrogens (primary N) is 1. The normalized spacial score (nSPS) is 18.5. The maximum Gasteiger partial charge on any atom is 0.227 e. The molecular formula is C13H15N3O3.